The van der Waals surface area contributed by atoms with E-state index in [0.29, 0.717) is 5.56 Å². The molecular formula is C14H20FNO3S. The van der Waals surface area contributed by atoms with Crippen molar-refractivity contribution in [3.63, 3.8) is 0 Å². The molecule has 0 spiro atoms. The molecule has 1 fully saturated rings. The molecule has 1 atom stereocenters. The summed E-state index contributed by atoms with van der Waals surface area (Å²) in [6.07, 6.45) is 3.27. The summed E-state index contributed by atoms with van der Waals surface area (Å²) in [6, 6.07) is 3.94. The SMILES string of the molecule is Cc1ccc(F)c(S(=O)(=O)NCC(O)C2CCCC2)c1. The lowest BCUT2D eigenvalue weighted by atomic mass is 10.0. The Bertz CT molecular complexity index is 568. The van der Waals surface area contributed by atoms with Gasteiger partial charge in [0.25, 0.3) is 0 Å². The number of aliphatic hydroxyl groups is 1. The lowest BCUT2D eigenvalue weighted by molar-refractivity contribution is 0.115. The fourth-order valence-corrected chi connectivity index (χ4v) is 3.81. The normalized spacial score (nSPS) is 18.4. The summed E-state index contributed by atoms with van der Waals surface area (Å²) in [7, 11) is -3.92. The van der Waals surface area contributed by atoms with Gasteiger partial charge in [0.1, 0.15) is 10.7 Å². The molecule has 6 heteroatoms. The lowest BCUT2D eigenvalue weighted by Gasteiger charge is -2.18. The van der Waals surface area contributed by atoms with E-state index in [2.05, 4.69) is 4.72 Å². The van der Waals surface area contributed by atoms with Crippen molar-refractivity contribution < 1.29 is 17.9 Å². The molecule has 20 heavy (non-hydrogen) atoms. The number of benzene rings is 1. The van der Waals surface area contributed by atoms with Crippen LogP contribution in [0, 0.1) is 18.7 Å². The van der Waals surface area contributed by atoms with Crippen LogP contribution in [-0.2, 0) is 10.0 Å². The average Bonchev–Trinajstić information content (AvgIpc) is 2.93. The van der Waals surface area contributed by atoms with Gasteiger partial charge < -0.3 is 5.11 Å². The number of aryl methyl sites for hydroxylation is 1. The first-order valence-electron chi connectivity index (χ1n) is 6.84. The number of hydrogen-bond acceptors (Lipinski definition) is 3. The molecule has 112 valence electrons. The van der Waals surface area contributed by atoms with Crippen LogP contribution in [0.4, 0.5) is 4.39 Å². The second kappa shape index (κ2) is 6.20. The average molecular weight is 301 g/mol. The Labute approximate surface area is 119 Å². The van der Waals surface area contributed by atoms with E-state index >= 15 is 0 Å². The highest BCUT2D eigenvalue weighted by Crippen LogP contribution is 2.27. The topological polar surface area (TPSA) is 66.4 Å². The van der Waals surface area contributed by atoms with Crippen LogP contribution < -0.4 is 4.72 Å². The lowest BCUT2D eigenvalue weighted by Crippen LogP contribution is -2.35. The van der Waals surface area contributed by atoms with Crippen molar-refractivity contribution in [2.75, 3.05) is 6.54 Å². The van der Waals surface area contributed by atoms with E-state index in [4.69, 9.17) is 0 Å². The van der Waals surface area contributed by atoms with Gasteiger partial charge in [-0.25, -0.2) is 17.5 Å². The zero-order valence-electron chi connectivity index (χ0n) is 11.5. The summed E-state index contributed by atoms with van der Waals surface area (Å²) < 4.78 is 40.0. The smallest absolute Gasteiger partial charge is 0.243 e. The molecule has 1 aliphatic carbocycles. The third-order valence-electron chi connectivity index (χ3n) is 3.80. The third-order valence-corrected chi connectivity index (χ3v) is 5.24. The molecule has 0 radical (unpaired) electrons. The van der Waals surface area contributed by atoms with Gasteiger partial charge in [0.15, 0.2) is 0 Å². The molecule has 0 heterocycles. The van der Waals surface area contributed by atoms with Crippen LogP contribution in [-0.4, -0.2) is 26.2 Å². The first kappa shape index (κ1) is 15.4. The Hall–Kier alpha value is -0.980. The maximum Gasteiger partial charge on any atom is 0.243 e. The van der Waals surface area contributed by atoms with Gasteiger partial charge in [-0.05, 0) is 43.4 Å². The van der Waals surface area contributed by atoms with E-state index < -0.39 is 21.9 Å². The Morgan fingerprint density at radius 3 is 2.70 bits per heavy atom. The summed E-state index contributed by atoms with van der Waals surface area (Å²) in [5.41, 5.74) is 0.670. The molecule has 0 bridgehead atoms. The summed E-state index contributed by atoms with van der Waals surface area (Å²) >= 11 is 0. The van der Waals surface area contributed by atoms with E-state index in [0.717, 1.165) is 31.7 Å². The maximum atomic E-state index is 13.6. The van der Waals surface area contributed by atoms with Crippen molar-refractivity contribution in [3.8, 4) is 0 Å². The number of sulfonamides is 1. The van der Waals surface area contributed by atoms with Gasteiger partial charge in [-0.1, -0.05) is 18.9 Å². The minimum Gasteiger partial charge on any atom is -0.391 e. The third kappa shape index (κ3) is 3.56. The molecular weight excluding hydrogens is 281 g/mol. The number of halogens is 1. The van der Waals surface area contributed by atoms with Crippen molar-refractivity contribution in [1.82, 2.24) is 4.72 Å². The number of nitrogens with one attached hydrogen (secondary N) is 1. The zero-order valence-corrected chi connectivity index (χ0v) is 12.3. The number of hydrogen-bond donors (Lipinski definition) is 2. The molecule has 0 saturated heterocycles. The molecule has 1 unspecified atom stereocenters. The van der Waals surface area contributed by atoms with E-state index in [9.17, 15) is 17.9 Å². The van der Waals surface area contributed by atoms with Gasteiger partial charge in [0.05, 0.1) is 6.10 Å². The second-order valence-electron chi connectivity index (χ2n) is 5.40. The number of aliphatic hydroxyl groups excluding tert-OH is 1. The van der Waals surface area contributed by atoms with Crippen molar-refractivity contribution in [1.29, 1.82) is 0 Å². The van der Waals surface area contributed by atoms with Crippen LogP contribution in [0.15, 0.2) is 23.1 Å². The van der Waals surface area contributed by atoms with Crippen LogP contribution in [0.25, 0.3) is 0 Å². The van der Waals surface area contributed by atoms with Crippen LogP contribution in [0.5, 0.6) is 0 Å². The largest absolute Gasteiger partial charge is 0.391 e. The van der Waals surface area contributed by atoms with Crippen LogP contribution in [0.3, 0.4) is 0 Å². The van der Waals surface area contributed by atoms with Crippen LogP contribution in [0.2, 0.25) is 0 Å². The molecule has 2 rings (SSSR count). The second-order valence-corrected chi connectivity index (χ2v) is 7.13. The Kier molecular flexibility index (Phi) is 4.78. The highest BCUT2D eigenvalue weighted by molar-refractivity contribution is 7.89. The van der Waals surface area contributed by atoms with Crippen molar-refractivity contribution in [2.45, 2.75) is 43.6 Å². The minimum absolute atomic E-state index is 0.0691. The summed E-state index contributed by atoms with van der Waals surface area (Å²) in [6.45, 7) is 1.63. The Morgan fingerprint density at radius 2 is 2.05 bits per heavy atom. The van der Waals surface area contributed by atoms with E-state index in [1.807, 2.05) is 0 Å². The first-order valence-corrected chi connectivity index (χ1v) is 8.32. The molecule has 1 aromatic rings. The summed E-state index contributed by atoms with van der Waals surface area (Å²) in [5, 5.41) is 9.96. The van der Waals surface area contributed by atoms with Gasteiger partial charge >= 0.3 is 0 Å². The quantitative estimate of drug-likeness (QED) is 0.874. The van der Waals surface area contributed by atoms with Gasteiger partial charge in [0, 0.05) is 6.54 Å². The predicted molar refractivity (Wildman–Crippen MR) is 74.3 cm³/mol. The molecule has 1 aliphatic rings. The fraction of sp³-hybridized carbons (Fsp3) is 0.571. The Morgan fingerprint density at radius 1 is 1.40 bits per heavy atom. The van der Waals surface area contributed by atoms with Crippen molar-refractivity contribution in [3.05, 3.63) is 29.6 Å². The summed E-state index contributed by atoms with van der Waals surface area (Å²) in [4.78, 5) is -0.365. The fourth-order valence-electron chi connectivity index (χ4n) is 2.60. The Balaban J connectivity index is 2.05. The molecule has 2 N–H and O–H groups in total. The van der Waals surface area contributed by atoms with Gasteiger partial charge in [-0.15, -0.1) is 0 Å². The van der Waals surface area contributed by atoms with Gasteiger partial charge in [-0.2, -0.15) is 0 Å². The first-order chi connectivity index (χ1) is 9.40. The summed E-state index contributed by atoms with van der Waals surface area (Å²) in [5.74, 6) is -0.640. The van der Waals surface area contributed by atoms with E-state index in [-0.39, 0.29) is 17.4 Å². The molecule has 0 aromatic heterocycles. The highest BCUT2D eigenvalue weighted by atomic mass is 32.2. The van der Waals surface area contributed by atoms with Crippen molar-refractivity contribution >= 4 is 10.0 Å². The van der Waals surface area contributed by atoms with Crippen molar-refractivity contribution in [2.24, 2.45) is 5.92 Å². The van der Waals surface area contributed by atoms with Gasteiger partial charge in [-0.3, -0.25) is 0 Å². The zero-order chi connectivity index (χ0) is 14.8. The molecule has 1 aromatic carbocycles. The van der Waals surface area contributed by atoms with Crippen LogP contribution in [0.1, 0.15) is 31.2 Å². The molecule has 1 saturated carbocycles. The molecule has 0 amide bonds. The predicted octanol–water partition coefficient (Wildman–Crippen LogP) is 1.96. The van der Waals surface area contributed by atoms with E-state index in [1.165, 1.54) is 12.1 Å². The van der Waals surface area contributed by atoms with E-state index in [1.54, 1.807) is 6.92 Å². The standard InChI is InChI=1S/C14H20FNO3S/c1-10-6-7-12(15)14(8-10)20(18,19)16-9-13(17)11-4-2-3-5-11/h6-8,11,13,16-17H,2-5,9H2,1H3. The molecule has 4 nitrogen and oxygen atoms in total. The monoisotopic (exact) mass is 301 g/mol. The van der Waals surface area contributed by atoms with Gasteiger partial charge in [0.2, 0.25) is 10.0 Å². The maximum absolute atomic E-state index is 13.6. The molecule has 0 aliphatic heterocycles. The highest BCUT2D eigenvalue weighted by Gasteiger charge is 2.26. The number of rotatable bonds is 5. The van der Waals surface area contributed by atoms with Crippen LogP contribution >= 0.6 is 0 Å². The minimum atomic E-state index is -3.92.